The first-order chi connectivity index (χ1) is 5.91. The minimum absolute atomic E-state index is 0.228. The van der Waals surface area contributed by atoms with Gasteiger partial charge in [-0.1, -0.05) is 6.92 Å². The van der Waals surface area contributed by atoms with Crippen LogP contribution in [0, 0.1) is 10.8 Å². The summed E-state index contributed by atoms with van der Waals surface area (Å²) in [5, 5.41) is 24.4. The third kappa shape index (κ3) is 3.11. The van der Waals surface area contributed by atoms with Crippen LogP contribution in [-0.2, 0) is 0 Å². The van der Waals surface area contributed by atoms with E-state index in [2.05, 4.69) is 0 Å². The Morgan fingerprint density at radius 2 is 1.62 bits per heavy atom. The first kappa shape index (κ1) is 12.0. The number of allylic oxidation sites excluding steroid dienone is 1. The number of aliphatic hydroxyl groups is 1. The van der Waals surface area contributed by atoms with E-state index in [-0.39, 0.29) is 5.71 Å². The second kappa shape index (κ2) is 4.92. The summed E-state index contributed by atoms with van der Waals surface area (Å²) in [5.74, 6) is 0. The van der Waals surface area contributed by atoms with E-state index in [4.69, 9.17) is 10.8 Å². The van der Waals surface area contributed by atoms with Crippen LogP contribution in [0.4, 0.5) is 0 Å². The van der Waals surface area contributed by atoms with Gasteiger partial charge in [0.15, 0.2) is 0 Å². The van der Waals surface area contributed by atoms with Crippen LogP contribution in [0.3, 0.4) is 0 Å². The second-order valence-corrected chi connectivity index (χ2v) is 3.21. The second-order valence-electron chi connectivity index (χ2n) is 3.21. The maximum absolute atomic E-state index is 9.40. The Hall–Kier alpha value is -0.960. The molecule has 74 valence electrons. The van der Waals surface area contributed by atoms with Crippen molar-refractivity contribution in [3.05, 3.63) is 11.1 Å². The lowest BCUT2D eigenvalue weighted by Gasteiger charge is -2.12. The number of nitrogens with one attached hydrogen (secondary N) is 2. The van der Waals surface area contributed by atoms with Crippen molar-refractivity contribution >= 4 is 11.4 Å². The molecule has 0 spiro atoms. The summed E-state index contributed by atoms with van der Waals surface area (Å²) in [6.07, 6.45) is -0.158. The maximum Gasteiger partial charge on any atom is 0.0952 e. The molecule has 0 aliphatic rings. The molecule has 3 heteroatoms. The smallest absolute Gasteiger partial charge is 0.0952 e. The average molecular weight is 182 g/mol. The SMILES string of the molecule is CC[C@@H](O)C(=N)/C(C)=C(/C)C(C)=N. The van der Waals surface area contributed by atoms with Crippen molar-refractivity contribution in [2.75, 3.05) is 0 Å². The third-order valence-corrected chi connectivity index (χ3v) is 2.25. The van der Waals surface area contributed by atoms with Crippen molar-refractivity contribution in [1.82, 2.24) is 0 Å². The molecule has 0 heterocycles. The molecule has 0 aromatic carbocycles. The van der Waals surface area contributed by atoms with Gasteiger partial charge in [0.1, 0.15) is 0 Å². The molecule has 1 atom stereocenters. The zero-order valence-electron chi connectivity index (χ0n) is 8.73. The lowest BCUT2D eigenvalue weighted by Crippen LogP contribution is -2.20. The number of hydrogen-bond donors (Lipinski definition) is 3. The molecular weight excluding hydrogens is 164 g/mol. The van der Waals surface area contributed by atoms with Crippen molar-refractivity contribution in [1.29, 1.82) is 10.8 Å². The Balaban J connectivity index is 4.78. The average Bonchev–Trinajstić information content (AvgIpc) is 2.12. The molecular formula is C10H18N2O. The molecule has 0 fully saturated rings. The van der Waals surface area contributed by atoms with Crippen molar-refractivity contribution < 1.29 is 5.11 Å². The molecule has 0 saturated carbocycles. The van der Waals surface area contributed by atoms with E-state index in [1.165, 1.54) is 0 Å². The van der Waals surface area contributed by atoms with Crippen molar-refractivity contribution in [3.8, 4) is 0 Å². The van der Waals surface area contributed by atoms with Crippen LogP contribution >= 0.6 is 0 Å². The molecule has 0 unspecified atom stereocenters. The van der Waals surface area contributed by atoms with E-state index in [1.54, 1.807) is 20.8 Å². The van der Waals surface area contributed by atoms with E-state index in [0.29, 0.717) is 17.7 Å². The van der Waals surface area contributed by atoms with Gasteiger partial charge in [0.25, 0.3) is 0 Å². The van der Waals surface area contributed by atoms with Crippen LogP contribution < -0.4 is 0 Å². The van der Waals surface area contributed by atoms with Crippen LogP contribution in [0.2, 0.25) is 0 Å². The van der Waals surface area contributed by atoms with Gasteiger partial charge in [-0.05, 0) is 38.3 Å². The van der Waals surface area contributed by atoms with Gasteiger partial charge in [-0.15, -0.1) is 0 Å². The predicted molar refractivity (Wildman–Crippen MR) is 55.8 cm³/mol. The quantitative estimate of drug-likeness (QED) is 0.573. The molecule has 0 radical (unpaired) electrons. The van der Waals surface area contributed by atoms with Crippen molar-refractivity contribution in [3.63, 3.8) is 0 Å². The fourth-order valence-corrected chi connectivity index (χ4v) is 0.937. The maximum atomic E-state index is 9.40. The topological polar surface area (TPSA) is 67.9 Å². The standard InChI is InChI=1S/C10H18N2O/c1-5-9(13)10(12)7(3)6(2)8(4)11/h9,11-13H,5H2,1-4H3/b7-6-,11-8?,12-10?/t9-/m1/s1. The zero-order valence-corrected chi connectivity index (χ0v) is 8.73. The van der Waals surface area contributed by atoms with Gasteiger partial charge < -0.3 is 15.9 Å². The summed E-state index contributed by atoms with van der Waals surface area (Å²) in [5.41, 5.74) is 2.16. The molecule has 3 N–H and O–H groups in total. The largest absolute Gasteiger partial charge is 0.387 e. The molecule has 3 nitrogen and oxygen atoms in total. The minimum atomic E-state index is -0.700. The summed E-state index contributed by atoms with van der Waals surface area (Å²) in [7, 11) is 0. The van der Waals surface area contributed by atoms with Gasteiger partial charge in [-0.2, -0.15) is 0 Å². The zero-order chi connectivity index (χ0) is 10.6. The molecule has 13 heavy (non-hydrogen) atoms. The molecule has 0 aliphatic carbocycles. The van der Waals surface area contributed by atoms with Crippen molar-refractivity contribution in [2.45, 2.75) is 40.2 Å². The van der Waals surface area contributed by atoms with Crippen LogP contribution in [0.5, 0.6) is 0 Å². The van der Waals surface area contributed by atoms with Crippen LogP contribution in [0.15, 0.2) is 11.1 Å². The highest BCUT2D eigenvalue weighted by Crippen LogP contribution is 2.10. The van der Waals surface area contributed by atoms with E-state index in [9.17, 15) is 5.11 Å². The molecule has 0 bridgehead atoms. The van der Waals surface area contributed by atoms with Gasteiger partial charge in [0, 0.05) is 5.71 Å². The Morgan fingerprint density at radius 3 is 1.92 bits per heavy atom. The molecule has 0 aliphatic heterocycles. The summed E-state index contributed by atoms with van der Waals surface area (Å²) in [4.78, 5) is 0. The summed E-state index contributed by atoms with van der Waals surface area (Å²) >= 11 is 0. The highest BCUT2D eigenvalue weighted by Gasteiger charge is 2.12. The fourth-order valence-electron chi connectivity index (χ4n) is 0.937. The normalized spacial score (nSPS) is 14.8. The Kier molecular flexibility index (Phi) is 4.56. The molecule has 0 saturated heterocycles. The first-order valence-corrected chi connectivity index (χ1v) is 4.41. The van der Waals surface area contributed by atoms with Gasteiger partial charge in [-0.3, -0.25) is 0 Å². The van der Waals surface area contributed by atoms with E-state index < -0.39 is 6.10 Å². The van der Waals surface area contributed by atoms with Gasteiger partial charge in [0.2, 0.25) is 0 Å². The Labute approximate surface area is 79.5 Å². The van der Waals surface area contributed by atoms with Gasteiger partial charge in [-0.25, -0.2) is 0 Å². The molecule has 0 aromatic rings. The van der Waals surface area contributed by atoms with Crippen molar-refractivity contribution in [2.24, 2.45) is 0 Å². The number of hydrogen-bond acceptors (Lipinski definition) is 3. The minimum Gasteiger partial charge on any atom is -0.387 e. The number of aliphatic hydroxyl groups excluding tert-OH is 1. The first-order valence-electron chi connectivity index (χ1n) is 4.41. The number of rotatable bonds is 4. The van der Waals surface area contributed by atoms with E-state index in [0.717, 1.165) is 5.57 Å². The molecule has 0 rings (SSSR count). The Bertz CT molecular complexity index is 254. The summed E-state index contributed by atoms with van der Waals surface area (Å²) < 4.78 is 0. The highest BCUT2D eigenvalue weighted by molar-refractivity contribution is 6.08. The molecule has 0 amide bonds. The Morgan fingerprint density at radius 1 is 1.15 bits per heavy atom. The predicted octanol–water partition coefficient (Wildman–Crippen LogP) is 2.15. The van der Waals surface area contributed by atoms with E-state index >= 15 is 0 Å². The van der Waals surface area contributed by atoms with Crippen LogP contribution in [-0.4, -0.2) is 22.6 Å². The fraction of sp³-hybridized carbons (Fsp3) is 0.600. The summed E-state index contributed by atoms with van der Waals surface area (Å²) in [6.45, 7) is 7.09. The molecule has 0 aromatic heterocycles. The lowest BCUT2D eigenvalue weighted by molar-refractivity contribution is 0.237. The monoisotopic (exact) mass is 182 g/mol. The van der Waals surface area contributed by atoms with Crippen LogP contribution in [0.25, 0.3) is 0 Å². The van der Waals surface area contributed by atoms with Gasteiger partial charge >= 0.3 is 0 Å². The van der Waals surface area contributed by atoms with Gasteiger partial charge in [0.05, 0.1) is 11.8 Å². The summed E-state index contributed by atoms with van der Waals surface area (Å²) in [6, 6.07) is 0. The lowest BCUT2D eigenvalue weighted by atomic mass is 9.98. The highest BCUT2D eigenvalue weighted by atomic mass is 16.3. The van der Waals surface area contributed by atoms with Crippen LogP contribution in [0.1, 0.15) is 34.1 Å². The van der Waals surface area contributed by atoms with E-state index in [1.807, 2.05) is 6.92 Å². The third-order valence-electron chi connectivity index (χ3n) is 2.25.